The van der Waals surface area contributed by atoms with Crippen LogP contribution in [0.4, 0.5) is 5.69 Å². The molecule has 1 saturated carbocycles. The van der Waals surface area contributed by atoms with Gasteiger partial charge < -0.3 is 16.4 Å². The topological polar surface area (TPSA) is 84.2 Å². The molecule has 2 amide bonds. The molecule has 1 aliphatic rings. The average molecular weight is 337 g/mol. The molecule has 4 N–H and O–H groups in total. The second-order valence-corrected chi connectivity index (χ2v) is 6.52. The smallest absolute Gasteiger partial charge is 0.255 e. The number of carbonyl (C=O) groups excluding carboxylic acids is 2. The third-order valence-electron chi connectivity index (χ3n) is 4.46. The van der Waals surface area contributed by atoms with E-state index in [1.165, 1.54) is 0 Å². The Hall–Kier alpha value is -2.66. The Bertz CT molecular complexity index is 784. The molecule has 0 bridgehead atoms. The van der Waals surface area contributed by atoms with Crippen LogP contribution in [-0.4, -0.2) is 24.4 Å². The first-order valence-corrected chi connectivity index (χ1v) is 8.56. The Morgan fingerprint density at radius 1 is 1.12 bits per heavy atom. The van der Waals surface area contributed by atoms with Crippen molar-refractivity contribution in [3.05, 3.63) is 65.2 Å². The number of aryl methyl sites for hydroxylation is 1. The van der Waals surface area contributed by atoms with Crippen molar-refractivity contribution in [3.8, 4) is 0 Å². The van der Waals surface area contributed by atoms with Gasteiger partial charge >= 0.3 is 0 Å². The minimum Gasteiger partial charge on any atom is -0.348 e. The molecule has 0 aliphatic heterocycles. The lowest BCUT2D eigenvalue weighted by Gasteiger charge is -2.17. The summed E-state index contributed by atoms with van der Waals surface area (Å²) in [7, 11) is 0. The van der Waals surface area contributed by atoms with Gasteiger partial charge in [0.15, 0.2) is 0 Å². The van der Waals surface area contributed by atoms with E-state index in [2.05, 4.69) is 10.6 Å². The number of para-hydroxylation sites is 1. The van der Waals surface area contributed by atoms with Gasteiger partial charge in [-0.05, 0) is 49.9 Å². The highest BCUT2D eigenvalue weighted by molar-refractivity contribution is 6.09. The van der Waals surface area contributed by atoms with Gasteiger partial charge in [0.2, 0.25) is 0 Å². The van der Waals surface area contributed by atoms with Gasteiger partial charge in [-0.1, -0.05) is 29.8 Å². The molecule has 3 rings (SSSR count). The van der Waals surface area contributed by atoms with E-state index in [4.69, 9.17) is 5.73 Å². The highest BCUT2D eigenvalue weighted by Crippen LogP contribution is 2.32. The zero-order valence-corrected chi connectivity index (χ0v) is 14.3. The fourth-order valence-electron chi connectivity index (χ4n) is 2.88. The van der Waals surface area contributed by atoms with Crippen molar-refractivity contribution in [3.63, 3.8) is 0 Å². The van der Waals surface area contributed by atoms with Gasteiger partial charge in [0.25, 0.3) is 11.8 Å². The van der Waals surface area contributed by atoms with Crippen molar-refractivity contribution in [2.45, 2.75) is 25.8 Å². The maximum absolute atomic E-state index is 12.6. The van der Waals surface area contributed by atoms with Crippen LogP contribution in [0, 0.1) is 12.8 Å². The van der Waals surface area contributed by atoms with Crippen molar-refractivity contribution in [1.82, 2.24) is 5.32 Å². The van der Waals surface area contributed by atoms with Gasteiger partial charge in [0, 0.05) is 18.2 Å². The van der Waals surface area contributed by atoms with Gasteiger partial charge in [-0.15, -0.1) is 0 Å². The minimum atomic E-state index is -0.235. The van der Waals surface area contributed by atoms with E-state index >= 15 is 0 Å². The molecule has 0 saturated heterocycles. The Balaban J connectivity index is 1.76. The van der Waals surface area contributed by atoms with E-state index < -0.39 is 0 Å². The zero-order valence-electron chi connectivity index (χ0n) is 14.3. The quantitative estimate of drug-likeness (QED) is 0.758. The number of hydrogen-bond donors (Lipinski definition) is 3. The van der Waals surface area contributed by atoms with Gasteiger partial charge in [0.1, 0.15) is 0 Å². The summed E-state index contributed by atoms with van der Waals surface area (Å²) in [5.74, 6) is 0.0343. The molecule has 130 valence electrons. The van der Waals surface area contributed by atoms with Crippen LogP contribution < -0.4 is 16.4 Å². The van der Waals surface area contributed by atoms with E-state index in [1.807, 2.05) is 25.1 Å². The predicted octanol–water partition coefficient (Wildman–Crippen LogP) is 2.71. The summed E-state index contributed by atoms with van der Waals surface area (Å²) >= 11 is 0. The molecule has 1 aliphatic carbocycles. The normalized spacial score (nSPS) is 14.6. The number of nitrogens with one attached hydrogen (secondary N) is 2. The zero-order chi connectivity index (χ0) is 17.8. The Morgan fingerprint density at radius 3 is 2.56 bits per heavy atom. The van der Waals surface area contributed by atoms with Gasteiger partial charge in [-0.3, -0.25) is 9.59 Å². The second-order valence-electron chi connectivity index (χ2n) is 6.52. The summed E-state index contributed by atoms with van der Waals surface area (Å²) in [4.78, 5) is 25.1. The van der Waals surface area contributed by atoms with Crippen LogP contribution in [0.3, 0.4) is 0 Å². The van der Waals surface area contributed by atoms with Gasteiger partial charge in [-0.2, -0.15) is 0 Å². The molecule has 2 aromatic rings. The molecule has 1 unspecified atom stereocenters. The van der Waals surface area contributed by atoms with Crippen molar-refractivity contribution >= 4 is 17.5 Å². The lowest BCUT2D eigenvalue weighted by Crippen LogP contribution is -2.42. The van der Waals surface area contributed by atoms with E-state index in [1.54, 1.807) is 30.3 Å². The third-order valence-corrected chi connectivity index (χ3v) is 4.46. The Morgan fingerprint density at radius 2 is 1.88 bits per heavy atom. The van der Waals surface area contributed by atoms with Crippen LogP contribution in [0.2, 0.25) is 0 Å². The summed E-state index contributed by atoms with van der Waals surface area (Å²) in [6.45, 7) is 2.36. The van der Waals surface area contributed by atoms with Crippen LogP contribution in [0.15, 0.2) is 48.5 Å². The molecule has 1 atom stereocenters. The summed E-state index contributed by atoms with van der Waals surface area (Å²) in [5, 5.41) is 5.83. The SMILES string of the molecule is Cc1cccc(C(=O)Nc2ccccc2C(=O)NC(CN)C2CC2)c1. The standard InChI is InChI=1S/C20H23N3O2/c1-13-5-4-6-15(11-13)19(24)22-17-8-3-2-7-16(17)20(25)23-18(12-21)14-9-10-14/h2-8,11,14,18H,9-10,12,21H2,1H3,(H,22,24)(H,23,25). The summed E-state index contributed by atoms with van der Waals surface area (Å²) in [6.07, 6.45) is 2.21. The van der Waals surface area contributed by atoms with Gasteiger partial charge in [0.05, 0.1) is 11.3 Å². The molecular formula is C20H23N3O2. The molecule has 0 heterocycles. The first-order chi connectivity index (χ1) is 12.1. The Labute approximate surface area is 147 Å². The van der Waals surface area contributed by atoms with Crippen LogP contribution in [0.1, 0.15) is 39.1 Å². The number of nitrogens with two attached hydrogens (primary N) is 1. The molecule has 0 aromatic heterocycles. The number of benzene rings is 2. The van der Waals surface area contributed by atoms with Crippen molar-refractivity contribution in [1.29, 1.82) is 0 Å². The number of amides is 2. The largest absolute Gasteiger partial charge is 0.348 e. The van der Waals surface area contributed by atoms with Crippen molar-refractivity contribution in [2.24, 2.45) is 11.7 Å². The monoisotopic (exact) mass is 337 g/mol. The average Bonchev–Trinajstić information content (AvgIpc) is 3.45. The molecule has 5 nitrogen and oxygen atoms in total. The lowest BCUT2D eigenvalue weighted by atomic mass is 10.1. The van der Waals surface area contributed by atoms with E-state index in [0.717, 1.165) is 18.4 Å². The maximum atomic E-state index is 12.6. The second kappa shape index (κ2) is 7.49. The van der Waals surface area contributed by atoms with Crippen LogP contribution in [-0.2, 0) is 0 Å². The molecule has 0 radical (unpaired) electrons. The van der Waals surface area contributed by atoms with Crippen molar-refractivity contribution < 1.29 is 9.59 Å². The molecule has 1 fully saturated rings. The van der Waals surface area contributed by atoms with E-state index in [0.29, 0.717) is 29.3 Å². The molecule has 2 aromatic carbocycles. The molecule has 0 spiro atoms. The maximum Gasteiger partial charge on any atom is 0.255 e. The summed E-state index contributed by atoms with van der Waals surface area (Å²) < 4.78 is 0. The molecule has 5 heteroatoms. The summed E-state index contributed by atoms with van der Waals surface area (Å²) in [6, 6.07) is 14.4. The lowest BCUT2D eigenvalue weighted by molar-refractivity contribution is 0.0934. The van der Waals surface area contributed by atoms with E-state index in [9.17, 15) is 9.59 Å². The first-order valence-electron chi connectivity index (χ1n) is 8.56. The van der Waals surface area contributed by atoms with Crippen LogP contribution in [0.5, 0.6) is 0 Å². The van der Waals surface area contributed by atoms with Crippen molar-refractivity contribution in [2.75, 3.05) is 11.9 Å². The fraction of sp³-hybridized carbons (Fsp3) is 0.300. The highest BCUT2D eigenvalue weighted by Gasteiger charge is 2.31. The van der Waals surface area contributed by atoms with E-state index in [-0.39, 0.29) is 17.9 Å². The number of carbonyl (C=O) groups is 2. The molecular weight excluding hydrogens is 314 g/mol. The summed E-state index contributed by atoms with van der Waals surface area (Å²) in [5.41, 5.74) is 8.28. The first kappa shape index (κ1) is 17.2. The number of rotatable bonds is 6. The predicted molar refractivity (Wildman–Crippen MR) is 98.6 cm³/mol. The molecule has 25 heavy (non-hydrogen) atoms. The van der Waals surface area contributed by atoms with Crippen LogP contribution in [0.25, 0.3) is 0 Å². The fourth-order valence-corrected chi connectivity index (χ4v) is 2.88. The van der Waals surface area contributed by atoms with Crippen LogP contribution >= 0.6 is 0 Å². The Kier molecular flexibility index (Phi) is 5.14. The number of hydrogen-bond acceptors (Lipinski definition) is 3. The van der Waals surface area contributed by atoms with Gasteiger partial charge in [-0.25, -0.2) is 0 Å². The third kappa shape index (κ3) is 4.25. The number of anilines is 1. The highest BCUT2D eigenvalue weighted by atomic mass is 16.2. The minimum absolute atomic E-state index is 0.00645.